The number of nitrogens with zero attached hydrogens (tertiary/aromatic N) is 2. The van der Waals surface area contributed by atoms with Crippen LogP contribution >= 0.6 is 0 Å². The van der Waals surface area contributed by atoms with Gasteiger partial charge in [-0.1, -0.05) is 25.5 Å². The van der Waals surface area contributed by atoms with Crippen LogP contribution in [0.2, 0.25) is 0 Å². The molecule has 0 aliphatic carbocycles. The molecule has 1 aromatic heterocycles. The number of rotatable bonds is 7. The molecule has 0 aliphatic rings. The van der Waals surface area contributed by atoms with E-state index < -0.39 is 0 Å². The normalized spacial score (nSPS) is 10.4. The van der Waals surface area contributed by atoms with Gasteiger partial charge in [0.1, 0.15) is 17.9 Å². The summed E-state index contributed by atoms with van der Waals surface area (Å²) < 4.78 is 5.89. The molecule has 2 aromatic rings. The number of aromatic nitrogens is 2. The molecule has 21 heavy (non-hydrogen) atoms. The van der Waals surface area contributed by atoms with Gasteiger partial charge in [-0.15, -0.1) is 0 Å². The molecule has 0 bridgehead atoms. The monoisotopic (exact) mass is 287 g/mol. The van der Waals surface area contributed by atoms with Crippen LogP contribution in [0, 0.1) is 0 Å². The summed E-state index contributed by atoms with van der Waals surface area (Å²) in [6.07, 6.45) is 3.33. The lowest BCUT2D eigenvalue weighted by Crippen LogP contribution is -2.06. The van der Waals surface area contributed by atoms with Gasteiger partial charge in [-0.3, -0.25) is 0 Å². The fraction of sp³-hybridized carbons (Fsp3) is 0.375. The van der Waals surface area contributed by atoms with E-state index in [-0.39, 0.29) is 6.61 Å². The first kappa shape index (κ1) is 15.3. The Bertz CT molecular complexity index is 587. The maximum atomic E-state index is 9.19. The van der Waals surface area contributed by atoms with Gasteiger partial charge in [-0.25, -0.2) is 9.97 Å². The van der Waals surface area contributed by atoms with Crippen LogP contribution in [0.1, 0.15) is 31.4 Å². The lowest BCUT2D eigenvalue weighted by molar-refractivity contribution is 0.281. The maximum Gasteiger partial charge on any atom is 0.227 e. The van der Waals surface area contributed by atoms with E-state index in [0.717, 1.165) is 36.3 Å². The number of aliphatic hydroxyl groups excluding tert-OH is 1. The molecular formula is C16H21N3O2. The third-order valence-corrected chi connectivity index (χ3v) is 3.05. The van der Waals surface area contributed by atoms with Gasteiger partial charge in [-0.05, 0) is 31.0 Å². The zero-order valence-electron chi connectivity index (χ0n) is 12.5. The SMILES string of the molecule is CCCc1c(NCC)ncnc1Oc1cccc(CO)c1. The summed E-state index contributed by atoms with van der Waals surface area (Å²) in [4.78, 5) is 8.54. The zero-order valence-corrected chi connectivity index (χ0v) is 12.5. The first-order chi connectivity index (χ1) is 10.3. The standard InChI is InChI=1S/C16H21N3O2/c1-3-6-14-15(17-4-2)18-11-19-16(14)21-13-8-5-7-12(9-13)10-20/h5,7-9,11,20H,3-4,6,10H2,1-2H3,(H,17,18,19). The van der Waals surface area contributed by atoms with E-state index in [1.54, 1.807) is 0 Å². The number of anilines is 1. The minimum absolute atomic E-state index is 0.00850. The Morgan fingerprint density at radius 1 is 1.24 bits per heavy atom. The summed E-state index contributed by atoms with van der Waals surface area (Å²) in [5.74, 6) is 2.06. The zero-order chi connectivity index (χ0) is 15.1. The molecule has 0 saturated carbocycles. The largest absolute Gasteiger partial charge is 0.439 e. The Morgan fingerprint density at radius 2 is 2.10 bits per heavy atom. The molecule has 2 rings (SSSR count). The van der Waals surface area contributed by atoms with Crippen molar-refractivity contribution in [2.75, 3.05) is 11.9 Å². The van der Waals surface area contributed by atoms with Crippen LogP contribution in [0.4, 0.5) is 5.82 Å². The van der Waals surface area contributed by atoms with Gasteiger partial charge in [0.05, 0.1) is 12.2 Å². The quantitative estimate of drug-likeness (QED) is 0.819. The van der Waals surface area contributed by atoms with E-state index in [0.29, 0.717) is 11.6 Å². The number of ether oxygens (including phenoxy) is 1. The highest BCUT2D eigenvalue weighted by atomic mass is 16.5. The summed E-state index contributed by atoms with van der Waals surface area (Å²) >= 11 is 0. The van der Waals surface area contributed by atoms with Crippen molar-refractivity contribution in [3.05, 3.63) is 41.7 Å². The van der Waals surface area contributed by atoms with Crippen LogP contribution in [0.5, 0.6) is 11.6 Å². The minimum atomic E-state index is -0.00850. The number of hydrogen-bond donors (Lipinski definition) is 2. The molecule has 0 atom stereocenters. The molecule has 0 saturated heterocycles. The van der Waals surface area contributed by atoms with Gasteiger partial charge in [0.2, 0.25) is 5.88 Å². The van der Waals surface area contributed by atoms with Crippen molar-refractivity contribution in [2.24, 2.45) is 0 Å². The Labute approximate surface area is 125 Å². The fourth-order valence-corrected chi connectivity index (χ4v) is 2.10. The van der Waals surface area contributed by atoms with E-state index in [1.165, 1.54) is 6.33 Å². The Morgan fingerprint density at radius 3 is 2.81 bits per heavy atom. The first-order valence-electron chi connectivity index (χ1n) is 7.23. The van der Waals surface area contributed by atoms with Gasteiger partial charge in [-0.2, -0.15) is 0 Å². The van der Waals surface area contributed by atoms with E-state index in [4.69, 9.17) is 4.74 Å². The Hall–Kier alpha value is -2.14. The predicted molar refractivity (Wildman–Crippen MR) is 82.6 cm³/mol. The van der Waals surface area contributed by atoms with Gasteiger partial charge in [0, 0.05) is 6.54 Å². The highest BCUT2D eigenvalue weighted by Crippen LogP contribution is 2.28. The molecule has 0 amide bonds. The topological polar surface area (TPSA) is 67.3 Å². The highest BCUT2D eigenvalue weighted by molar-refractivity contribution is 5.50. The van der Waals surface area contributed by atoms with Crippen molar-refractivity contribution in [2.45, 2.75) is 33.3 Å². The molecule has 0 unspecified atom stereocenters. The van der Waals surface area contributed by atoms with E-state index in [9.17, 15) is 5.11 Å². The van der Waals surface area contributed by atoms with Crippen molar-refractivity contribution in [1.82, 2.24) is 9.97 Å². The van der Waals surface area contributed by atoms with Crippen LogP contribution in [0.15, 0.2) is 30.6 Å². The van der Waals surface area contributed by atoms with E-state index in [1.807, 2.05) is 31.2 Å². The second kappa shape index (κ2) is 7.59. The molecule has 0 aliphatic heterocycles. The molecule has 5 heteroatoms. The van der Waals surface area contributed by atoms with Crippen molar-refractivity contribution in [1.29, 1.82) is 0 Å². The Balaban J connectivity index is 2.31. The van der Waals surface area contributed by atoms with E-state index >= 15 is 0 Å². The summed E-state index contributed by atoms with van der Waals surface area (Å²) in [6.45, 7) is 4.93. The minimum Gasteiger partial charge on any atom is -0.439 e. The average molecular weight is 287 g/mol. The van der Waals surface area contributed by atoms with Crippen molar-refractivity contribution >= 4 is 5.82 Å². The van der Waals surface area contributed by atoms with Gasteiger partial charge in [0.15, 0.2) is 0 Å². The van der Waals surface area contributed by atoms with Gasteiger partial charge >= 0.3 is 0 Å². The molecule has 0 spiro atoms. The van der Waals surface area contributed by atoms with Crippen LogP contribution in [-0.4, -0.2) is 21.6 Å². The van der Waals surface area contributed by atoms with Crippen molar-refractivity contribution in [3.8, 4) is 11.6 Å². The van der Waals surface area contributed by atoms with E-state index in [2.05, 4.69) is 22.2 Å². The number of benzene rings is 1. The molecule has 1 aromatic carbocycles. The number of nitrogens with one attached hydrogen (secondary N) is 1. The second-order valence-electron chi connectivity index (χ2n) is 4.69. The maximum absolute atomic E-state index is 9.19. The molecule has 0 fully saturated rings. The summed E-state index contributed by atoms with van der Waals surface area (Å²) in [5, 5.41) is 12.4. The third kappa shape index (κ3) is 3.92. The fourth-order valence-electron chi connectivity index (χ4n) is 2.10. The van der Waals surface area contributed by atoms with Crippen molar-refractivity contribution in [3.63, 3.8) is 0 Å². The van der Waals surface area contributed by atoms with Crippen molar-refractivity contribution < 1.29 is 9.84 Å². The summed E-state index contributed by atoms with van der Waals surface area (Å²) in [6, 6.07) is 7.37. The number of aliphatic hydroxyl groups is 1. The lowest BCUT2D eigenvalue weighted by Gasteiger charge is -2.13. The van der Waals surface area contributed by atoms with Gasteiger partial charge < -0.3 is 15.2 Å². The smallest absolute Gasteiger partial charge is 0.227 e. The molecule has 5 nitrogen and oxygen atoms in total. The molecule has 1 heterocycles. The summed E-state index contributed by atoms with van der Waals surface area (Å²) in [5.41, 5.74) is 1.79. The molecule has 2 N–H and O–H groups in total. The predicted octanol–water partition coefficient (Wildman–Crippen LogP) is 3.15. The van der Waals surface area contributed by atoms with Crippen LogP contribution in [0.25, 0.3) is 0 Å². The average Bonchev–Trinajstić information content (AvgIpc) is 2.51. The van der Waals surface area contributed by atoms with Crippen LogP contribution in [-0.2, 0) is 13.0 Å². The Kier molecular flexibility index (Phi) is 5.51. The second-order valence-corrected chi connectivity index (χ2v) is 4.69. The summed E-state index contributed by atoms with van der Waals surface area (Å²) in [7, 11) is 0. The van der Waals surface area contributed by atoms with Crippen LogP contribution in [0.3, 0.4) is 0 Å². The molecule has 112 valence electrons. The number of hydrogen-bond acceptors (Lipinski definition) is 5. The van der Waals surface area contributed by atoms with Crippen LogP contribution < -0.4 is 10.1 Å². The molecule has 0 radical (unpaired) electrons. The third-order valence-electron chi connectivity index (χ3n) is 3.05. The van der Waals surface area contributed by atoms with Gasteiger partial charge in [0.25, 0.3) is 0 Å². The lowest BCUT2D eigenvalue weighted by atomic mass is 10.1. The molecular weight excluding hydrogens is 266 g/mol. The highest BCUT2D eigenvalue weighted by Gasteiger charge is 2.12. The first-order valence-corrected chi connectivity index (χ1v) is 7.23.